The largest absolute Gasteiger partial charge is 0.481 e. The number of nitro benzene ring substituents is 1. The molecule has 0 amide bonds. The Balaban J connectivity index is 2.38. The summed E-state index contributed by atoms with van der Waals surface area (Å²) in [5.74, 6) is -1.93. The van der Waals surface area contributed by atoms with Crippen LogP contribution in [0.15, 0.2) is 48.5 Å². The van der Waals surface area contributed by atoms with Gasteiger partial charge in [-0.25, -0.2) is 0 Å². The highest BCUT2D eigenvalue weighted by Gasteiger charge is 2.24. The molecule has 0 bridgehead atoms. The summed E-state index contributed by atoms with van der Waals surface area (Å²) >= 11 is 5.88. The number of rotatable bonds is 5. The molecule has 0 fully saturated rings. The molecule has 5 nitrogen and oxygen atoms in total. The van der Waals surface area contributed by atoms with Gasteiger partial charge >= 0.3 is 5.97 Å². The van der Waals surface area contributed by atoms with Gasteiger partial charge in [0.2, 0.25) is 0 Å². The number of nitrogens with zero attached hydrogens (tertiary/aromatic N) is 1. The number of hydrogen-bond donors (Lipinski definition) is 1. The fourth-order valence-electron chi connectivity index (χ4n) is 2.15. The Morgan fingerprint density at radius 3 is 2.57 bits per heavy atom. The average molecular weight is 306 g/mol. The molecule has 0 spiro atoms. The molecule has 1 atom stereocenters. The van der Waals surface area contributed by atoms with Crippen LogP contribution in [0.1, 0.15) is 17.0 Å². The predicted octanol–water partition coefficient (Wildman–Crippen LogP) is 3.66. The first-order chi connectivity index (χ1) is 9.99. The van der Waals surface area contributed by atoms with Crippen molar-refractivity contribution in [1.29, 1.82) is 0 Å². The van der Waals surface area contributed by atoms with Crippen LogP contribution in [0.5, 0.6) is 0 Å². The van der Waals surface area contributed by atoms with E-state index >= 15 is 0 Å². The van der Waals surface area contributed by atoms with Crippen LogP contribution in [-0.4, -0.2) is 16.0 Å². The molecule has 0 saturated carbocycles. The van der Waals surface area contributed by atoms with Gasteiger partial charge in [0.25, 0.3) is 5.69 Å². The van der Waals surface area contributed by atoms with E-state index in [0.29, 0.717) is 16.1 Å². The van der Waals surface area contributed by atoms with Crippen molar-refractivity contribution in [2.75, 3.05) is 0 Å². The summed E-state index contributed by atoms with van der Waals surface area (Å²) in [7, 11) is 0. The van der Waals surface area contributed by atoms with Crippen LogP contribution in [0.2, 0.25) is 5.02 Å². The quantitative estimate of drug-likeness (QED) is 0.675. The summed E-state index contributed by atoms with van der Waals surface area (Å²) < 4.78 is 0. The van der Waals surface area contributed by atoms with Crippen LogP contribution < -0.4 is 0 Å². The lowest BCUT2D eigenvalue weighted by Gasteiger charge is -2.13. The number of hydrogen-bond acceptors (Lipinski definition) is 3. The summed E-state index contributed by atoms with van der Waals surface area (Å²) in [5, 5.41) is 20.8. The molecule has 1 unspecified atom stereocenters. The van der Waals surface area contributed by atoms with Gasteiger partial charge in [-0.15, -0.1) is 0 Å². The Kier molecular flexibility index (Phi) is 4.55. The van der Waals surface area contributed by atoms with Crippen molar-refractivity contribution >= 4 is 23.3 Å². The Bertz CT molecular complexity index is 687. The molecule has 0 saturated heterocycles. The minimum atomic E-state index is -1.05. The van der Waals surface area contributed by atoms with Crippen LogP contribution >= 0.6 is 11.6 Å². The number of nitro groups is 1. The molecule has 0 aliphatic carbocycles. The van der Waals surface area contributed by atoms with Crippen molar-refractivity contribution in [1.82, 2.24) is 0 Å². The Morgan fingerprint density at radius 2 is 1.95 bits per heavy atom. The molecule has 0 radical (unpaired) electrons. The van der Waals surface area contributed by atoms with E-state index in [0.717, 1.165) is 0 Å². The van der Waals surface area contributed by atoms with E-state index in [1.807, 2.05) is 0 Å². The maximum atomic E-state index is 11.5. The van der Waals surface area contributed by atoms with Crippen molar-refractivity contribution in [2.24, 2.45) is 0 Å². The molecule has 0 aliphatic rings. The zero-order valence-electron chi connectivity index (χ0n) is 10.9. The molecule has 1 N–H and O–H groups in total. The van der Waals surface area contributed by atoms with E-state index in [1.165, 1.54) is 6.07 Å². The highest BCUT2D eigenvalue weighted by molar-refractivity contribution is 6.30. The minimum absolute atomic E-state index is 0.0346. The zero-order valence-corrected chi connectivity index (χ0v) is 11.7. The molecule has 2 rings (SSSR count). The minimum Gasteiger partial charge on any atom is -0.481 e. The Morgan fingerprint density at radius 1 is 1.24 bits per heavy atom. The van der Waals surface area contributed by atoms with Gasteiger partial charge in [-0.1, -0.05) is 41.9 Å². The van der Waals surface area contributed by atoms with E-state index in [4.69, 9.17) is 11.6 Å². The molecule has 6 heteroatoms. The van der Waals surface area contributed by atoms with E-state index in [9.17, 15) is 20.0 Å². The third kappa shape index (κ3) is 3.58. The van der Waals surface area contributed by atoms with E-state index in [1.54, 1.807) is 42.5 Å². The number of carboxylic acids is 1. The van der Waals surface area contributed by atoms with Crippen LogP contribution in [0, 0.1) is 10.1 Å². The van der Waals surface area contributed by atoms with Gasteiger partial charge in [0, 0.05) is 16.7 Å². The van der Waals surface area contributed by atoms with Gasteiger partial charge in [0.05, 0.1) is 10.8 Å². The summed E-state index contributed by atoms with van der Waals surface area (Å²) in [6, 6.07) is 12.7. The van der Waals surface area contributed by atoms with Crippen LogP contribution in [0.4, 0.5) is 5.69 Å². The van der Waals surface area contributed by atoms with Crippen molar-refractivity contribution in [3.8, 4) is 0 Å². The van der Waals surface area contributed by atoms with Gasteiger partial charge < -0.3 is 5.11 Å². The molecule has 2 aromatic rings. The van der Waals surface area contributed by atoms with Crippen LogP contribution in [-0.2, 0) is 11.2 Å². The van der Waals surface area contributed by atoms with Gasteiger partial charge in [-0.2, -0.15) is 0 Å². The van der Waals surface area contributed by atoms with E-state index in [-0.39, 0.29) is 12.1 Å². The maximum absolute atomic E-state index is 11.5. The SMILES string of the molecule is O=C(O)C(Cc1ccccc1[N+](=O)[O-])c1cccc(Cl)c1. The Labute approximate surface area is 125 Å². The first-order valence-corrected chi connectivity index (χ1v) is 6.57. The lowest BCUT2D eigenvalue weighted by atomic mass is 9.91. The molecule has 2 aromatic carbocycles. The number of aliphatic carboxylic acids is 1. The highest BCUT2D eigenvalue weighted by Crippen LogP contribution is 2.28. The lowest BCUT2D eigenvalue weighted by molar-refractivity contribution is -0.385. The molecule has 0 heterocycles. The highest BCUT2D eigenvalue weighted by atomic mass is 35.5. The second-order valence-electron chi connectivity index (χ2n) is 4.54. The second kappa shape index (κ2) is 6.37. The van der Waals surface area contributed by atoms with Crippen molar-refractivity contribution in [3.63, 3.8) is 0 Å². The van der Waals surface area contributed by atoms with Crippen molar-refractivity contribution in [3.05, 3.63) is 74.8 Å². The normalized spacial score (nSPS) is 11.9. The van der Waals surface area contributed by atoms with E-state index in [2.05, 4.69) is 0 Å². The smallest absolute Gasteiger partial charge is 0.311 e. The predicted molar refractivity (Wildman–Crippen MR) is 78.6 cm³/mol. The topological polar surface area (TPSA) is 80.4 Å². The molecule has 0 aromatic heterocycles. The first kappa shape index (κ1) is 15.0. The summed E-state index contributed by atoms with van der Waals surface area (Å²) in [6.45, 7) is 0. The fourth-order valence-corrected chi connectivity index (χ4v) is 2.35. The number of para-hydroxylation sites is 1. The third-order valence-electron chi connectivity index (χ3n) is 3.16. The van der Waals surface area contributed by atoms with E-state index < -0.39 is 16.8 Å². The zero-order chi connectivity index (χ0) is 15.4. The van der Waals surface area contributed by atoms with Crippen LogP contribution in [0.3, 0.4) is 0 Å². The molecular formula is C15H12ClNO4. The molecule has 0 aliphatic heterocycles. The number of benzene rings is 2. The van der Waals surface area contributed by atoms with Gasteiger partial charge in [0.15, 0.2) is 0 Å². The third-order valence-corrected chi connectivity index (χ3v) is 3.40. The Hall–Kier alpha value is -2.40. The molecule has 21 heavy (non-hydrogen) atoms. The summed E-state index contributed by atoms with van der Waals surface area (Å²) in [4.78, 5) is 22.0. The molecular weight excluding hydrogens is 294 g/mol. The monoisotopic (exact) mass is 305 g/mol. The number of carbonyl (C=O) groups is 1. The average Bonchev–Trinajstić information content (AvgIpc) is 2.44. The lowest BCUT2D eigenvalue weighted by Crippen LogP contribution is -2.15. The van der Waals surface area contributed by atoms with Gasteiger partial charge in [-0.3, -0.25) is 14.9 Å². The van der Waals surface area contributed by atoms with Gasteiger partial charge in [0.1, 0.15) is 0 Å². The van der Waals surface area contributed by atoms with Crippen LogP contribution in [0.25, 0.3) is 0 Å². The maximum Gasteiger partial charge on any atom is 0.311 e. The molecule has 108 valence electrons. The first-order valence-electron chi connectivity index (χ1n) is 6.19. The standard InChI is InChI=1S/C15H12ClNO4/c16-12-6-3-5-10(8-12)13(15(18)19)9-11-4-1-2-7-14(11)17(20)21/h1-8,13H,9H2,(H,18,19). The second-order valence-corrected chi connectivity index (χ2v) is 4.97. The number of carboxylic acid groups (broad SMARTS) is 1. The fraction of sp³-hybridized carbons (Fsp3) is 0.133. The van der Waals surface area contributed by atoms with Gasteiger partial charge in [-0.05, 0) is 24.1 Å². The summed E-state index contributed by atoms with van der Waals surface area (Å²) in [5.41, 5.74) is 0.828. The summed E-state index contributed by atoms with van der Waals surface area (Å²) in [6.07, 6.45) is 0.0346. The van der Waals surface area contributed by atoms with Crippen molar-refractivity contribution < 1.29 is 14.8 Å². The number of halogens is 1. The van der Waals surface area contributed by atoms with Crippen molar-refractivity contribution in [2.45, 2.75) is 12.3 Å².